The highest BCUT2D eigenvalue weighted by Crippen LogP contribution is 2.23. The number of halogens is 1. The van der Waals surface area contributed by atoms with Crippen molar-refractivity contribution in [2.24, 2.45) is 0 Å². The molecule has 0 unspecified atom stereocenters. The van der Waals surface area contributed by atoms with Gasteiger partial charge >= 0.3 is 6.01 Å². The van der Waals surface area contributed by atoms with Crippen molar-refractivity contribution in [3.05, 3.63) is 33.2 Å². The van der Waals surface area contributed by atoms with Gasteiger partial charge in [-0.2, -0.15) is 9.97 Å². The molecule has 0 spiro atoms. The third kappa shape index (κ3) is 4.00. The lowest BCUT2D eigenvalue weighted by Crippen LogP contribution is -2.41. The second-order valence-corrected chi connectivity index (χ2v) is 6.97. The summed E-state index contributed by atoms with van der Waals surface area (Å²) >= 11 is 4.84. The molecule has 0 bridgehead atoms. The van der Waals surface area contributed by atoms with Gasteiger partial charge in [0.25, 0.3) is 5.91 Å². The largest absolute Gasteiger partial charge is 0.494 e. The van der Waals surface area contributed by atoms with Crippen LogP contribution in [0.25, 0.3) is 0 Å². The van der Waals surface area contributed by atoms with Crippen LogP contribution in [0.15, 0.2) is 28.3 Å². The number of ether oxygens (including phenoxy) is 2. The number of amides is 1. The smallest absolute Gasteiger partial charge is 0.316 e. The molecule has 2 aromatic heterocycles. The summed E-state index contributed by atoms with van der Waals surface area (Å²) in [5, 5.41) is 1.92. The maximum absolute atomic E-state index is 12.4. The van der Waals surface area contributed by atoms with Gasteiger partial charge in [-0.1, -0.05) is 0 Å². The van der Waals surface area contributed by atoms with Crippen LogP contribution in [0.3, 0.4) is 0 Å². The molecule has 0 N–H and O–H groups in total. The molecule has 1 fully saturated rings. The number of thiophene rings is 1. The number of nitrogens with zero attached hydrogens (tertiary/aromatic N) is 3. The Morgan fingerprint density at radius 1 is 1.35 bits per heavy atom. The molecule has 2 aromatic rings. The van der Waals surface area contributed by atoms with Gasteiger partial charge in [-0.25, -0.2) is 0 Å². The van der Waals surface area contributed by atoms with Crippen LogP contribution in [0.5, 0.6) is 11.8 Å². The average Bonchev–Trinajstić information content (AvgIpc) is 3.02. The predicted molar refractivity (Wildman–Crippen MR) is 90.2 cm³/mol. The zero-order valence-electron chi connectivity index (χ0n) is 12.6. The third-order valence-electron chi connectivity index (χ3n) is 3.62. The molecule has 3 rings (SSSR count). The summed E-state index contributed by atoms with van der Waals surface area (Å²) in [5.41, 5.74) is 0. The number of piperidine rings is 1. The van der Waals surface area contributed by atoms with E-state index in [9.17, 15) is 4.79 Å². The number of hydrogen-bond acceptors (Lipinski definition) is 6. The molecule has 1 amide bonds. The number of aromatic nitrogens is 2. The third-order valence-corrected chi connectivity index (χ3v) is 5.30. The highest BCUT2D eigenvalue weighted by molar-refractivity contribution is 9.10. The molecule has 6 nitrogen and oxygen atoms in total. The normalized spacial score (nSPS) is 15.5. The number of rotatable bonds is 4. The molecule has 0 saturated carbocycles. The summed E-state index contributed by atoms with van der Waals surface area (Å²) in [6.45, 7) is 1.35. The molecular weight excluding hydrogens is 382 g/mol. The van der Waals surface area contributed by atoms with Gasteiger partial charge in [0.2, 0.25) is 0 Å². The monoisotopic (exact) mass is 397 g/mol. The molecule has 0 atom stereocenters. The Morgan fingerprint density at radius 3 is 2.61 bits per heavy atom. The first-order valence-electron chi connectivity index (χ1n) is 7.21. The summed E-state index contributed by atoms with van der Waals surface area (Å²) < 4.78 is 11.7. The maximum Gasteiger partial charge on any atom is 0.316 e. The Bertz CT molecular complexity index is 669. The number of carbonyl (C=O) groups is 1. The lowest BCUT2D eigenvalue weighted by molar-refractivity contribution is 0.0582. The second-order valence-electron chi connectivity index (χ2n) is 5.14. The zero-order chi connectivity index (χ0) is 16.2. The number of likely N-dealkylation sites (tertiary alicyclic amines) is 1. The summed E-state index contributed by atoms with van der Waals surface area (Å²) in [6.07, 6.45) is 4.73. The summed E-state index contributed by atoms with van der Waals surface area (Å²) in [6, 6.07) is 2.21. The Morgan fingerprint density at radius 2 is 2.04 bits per heavy atom. The van der Waals surface area contributed by atoms with Gasteiger partial charge < -0.3 is 14.4 Å². The van der Waals surface area contributed by atoms with Crippen LogP contribution in [0, 0.1) is 0 Å². The fourth-order valence-electron chi connectivity index (χ4n) is 2.38. The average molecular weight is 398 g/mol. The number of carbonyl (C=O) groups excluding carboxylic acids is 1. The van der Waals surface area contributed by atoms with Crippen LogP contribution >= 0.6 is 27.3 Å². The van der Waals surface area contributed by atoms with Gasteiger partial charge in [0.1, 0.15) is 6.10 Å². The first kappa shape index (κ1) is 16.2. The zero-order valence-corrected chi connectivity index (χ0v) is 15.0. The minimum absolute atomic E-state index is 0.0301. The Labute approximate surface area is 146 Å². The lowest BCUT2D eigenvalue weighted by atomic mass is 10.1. The van der Waals surface area contributed by atoms with Crippen molar-refractivity contribution in [1.29, 1.82) is 0 Å². The van der Waals surface area contributed by atoms with Crippen molar-refractivity contribution in [2.75, 3.05) is 20.2 Å². The van der Waals surface area contributed by atoms with E-state index in [1.54, 1.807) is 19.5 Å². The number of hydrogen-bond donors (Lipinski definition) is 0. The van der Waals surface area contributed by atoms with Crippen LogP contribution in [-0.2, 0) is 0 Å². The minimum atomic E-state index is 0.0301. The molecular formula is C15H16BrN3O3S. The molecule has 1 aliphatic rings. The van der Waals surface area contributed by atoms with E-state index in [4.69, 9.17) is 9.47 Å². The predicted octanol–water partition coefficient (Wildman–Crippen LogP) is 2.99. The van der Waals surface area contributed by atoms with E-state index < -0.39 is 0 Å². The molecule has 0 aromatic carbocycles. The molecule has 1 saturated heterocycles. The van der Waals surface area contributed by atoms with Crippen molar-refractivity contribution in [3.8, 4) is 11.8 Å². The van der Waals surface area contributed by atoms with Gasteiger partial charge in [0, 0.05) is 35.8 Å². The molecule has 122 valence electrons. The summed E-state index contributed by atoms with van der Waals surface area (Å²) in [4.78, 5) is 23.2. The SMILES string of the molecule is COc1cnc(OC2CCN(C(=O)c3cc(Br)cs3)CC2)nc1. The highest BCUT2D eigenvalue weighted by atomic mass is 79.9. The molecule has 3 heterocycles. The van der Waals surface area contributed by atoms with E-state index in [0.29, 0.717) is 24.8 Å². The molecule has 23 heavy (non-hydrogen) atoms. The van der Waals surface area contributed by atoms with Crippen LogP contribution < -0.4 is 9.47 Å². The van der Waals surface area contributed by atoms with Crippen LogP contribution in [-0.4, -0.2) is 47.1 Å². The Hall–Kier alpha value is -1.67. The molecule has 8 heteroatoms. The van der Waals surface area contributed by atoms with Crippen molar-refractivity contribution in [1.82, 2.24) is 14.9 Å². The van der Waals surface area contributed by atoms with E-state index >= 15 is 0 Å². The highest BCUT2D eigenvalue weighted by Gasteiger charge is 2.26. The van der Waals surface area contributed by atoms with Crippen LogP contribution in [0.4, 0.5) is 0 Å². The Balaban J connectivity index is 1.52. The molecule has 0 radical (unpaired) electrons. The van der Waals surface area contributed by atoms with E-state index in [0.717, 1.165) is 22.2 Å². The van der Waals surface area contributed by atoms with E-state index in [-0.39, 0.29) is 12.0 Å². The fraction of sp³-hybridized carbons (Fsp3) is 0.400. The topological polar surface area (TPSA) is 64.6 Å². The second kappa shape index (κ2) is 7.27. The standard InChI is InChI=1S/C15H16BrN3O3S/c1-21-12-7-17-15(18-8-12)22-11-2-4-19(5-3-11)14(20)13-6-10(16)9-23-13/h6-9,11H,2-5H2,1H3. The fourth-order valence-corrected chi connectivity index (χ4v) is 3.77. The lowest BCUT2D eigenvalue weighted by Gasteiger charge is -2.31. The Kier molecular flexibility index (Phi) is 5.12. The quantitative estimate of drug-likeness (QED) is 0.793. The van der Waals surface area contributed by atoms with E-state index in [1.807, 2.05) is 16.3 Å². The van der Waals surface area contributed by atoms with Gasteiger partial charge in [-0.05, 0) is 22.0 Å². The van der Waals surface area contributed by atoms with Gasteiger partial charge in [-0.3, -0.25) is 4.79 Å². The summed E-state index contributed by atoms with van der Waals surface area (Å²) in [5.74, 6) is 0.680. The van der Waals surface area contributed by atoms with Crippen LogP contribution in [0.2, 0.25) is 0 Å². The van der Waals surface area contributed by atoms with E-state index in [1.165, 1.54) is 11.3 Å². The van der Waals surface area contributed by atoms with Crippen molar-refractivity contribution >= 4 is 33.2 Å². The van der Waals surface area contributed by atoms with Gasteiger partial charge in [-0.15, -0.1) is 11.3 Å². The van der Waals surface area contributed by atoms with Crippen molar-refractivity contribution in [3.63, 3.8) is 0 Å². The first-order chi connectivity index (χ1) is 11.2. The van der Waals surface area contributed by atoms with E-state index in [2.05, 4.69) is 25.9 Å². The van der Waals surface area contributed by atoms with Crippen molar-refractivity contribution < 1.29 is 14.3 Å². The van der Waals surface area contributed by atoms with Gasteiger partial charge in [0.05, 0.1) is 24.4 Å². The van der Waals surface area contributed by atoms with Gasteiger partial charge in [0.15, 0.2) is 5.75 Å². The molecule has 0 aliphatic carbocycles. The number of methoxy groups -OCH3 is 1. The minimum Gasteiger partial charge on any atom is -0.494 e. The maximum atomic E-state index is 12.4. The molecule has 1 aliphatic heterocycles. The first-order valence-corrected chi connectivity index (χ1v) is 8.89. The van der Waals surface area contributed by atoms with Crippen molar-refractivity contribution in [2.45, 2.75) is 18.9 Å². The summed E-state index contributed by atoms with van der Waals surface area (Å²) in [7, 11) is 1.57. The van der Waals surface area contributed by atoms with Crippen LogP contribution in [0.1, 0.15) is 22.5 Å².